The van der Waals surface area contributed by atoms with Gasteiger partial charge in [0.25, 0.3) is 0 Å². The number of hydrogen-bond donors (Lipinski definition) is 0. The van der Waals surface area contributed by atoms with E-state index in [2.05, 4.69) is 4.98 Å². The summed E-state index contributed by atoms with van der Waals surface area (Å²) in [5.41, 5.74) is 3.64. The van der Waals surface area contributed by atoms with Crippen LogP contribution in [0, 0.1) is 6.92 Å². The molecule has 0 aliphatic carbocycles. The van der Waals surface area contributed by atoms with E-state index in [1.54, 1.807) is 6.07 Å². The third-order valence-corrected chi connectivity index (χ3v) is 2.73. The molecule has 0 bridgehead atoms. The van der Waals surface area contributed by atoms with Crippen LogP contribution < -0.4 is 0 Å². The molecule has 2 heterocycles. The van der Waals surface area contributed by atoms with Crippen molar-refractivity contribution in [2.75, 3.05) is 0 Å². The number of aryl methyl sites for hydroxylation is 1. The van der Waals surface area contributed by atoms with Crippen molar-refractivity contribution in [2.45, 2.75) is 6.92 Å². The highest BCUT2D eigenvalue weighted by Gasteiger charge is 2.09. The van der Waals surface area contributed by atoms with E-state index in [0.717, 1.165) is 27.6 Å². The van der Waals surface area contributed by atoms with Gasteiger partial charge in [0, 0.05) is 5.39 Å². The Morgan fingerprint density at radius 2 is 2.00 bits per heavy atom. The summed E-state index contributed by atoms with van der Waals surface area (Å²) < 4.78 is 5.67. The van der Waals surface area contributed by atoms with Gasteiger partial charge in [0.1, 0.15) is 16.3 Å². The minimum absolute atomic E-state index is 0.494. The fourth-order valence-corrected chi connectivity index (χ4v) is 1.98. The third-order valence-electron chi connectivity index (χ3n) is 2.52. The molecule has 1 aromatic carbocycles. The fourth-order valence-electron chi connectivity index (χ4n) is 1.83. The quantitative estimate of drug-likeness (QED) is 0.533. The van der Waals surface area contributed by atoms with Gasteiger partial charge in [0.2, 0.25) is 0 Å². The summed E-state index contributed by atoms with van der Waals surface area (Å²) in [6.45, 7) is 2.04. The molecule has 3 aromatic rings. The Labute approximate surface area is 91.5 Å². The molecule has 0 fully saturated rings. The van der Waals surface area contributed by atoms with Crippen LogP contribution in [0.4, 0.5) is 0 Å². The van der Waals surface area contributed by atoms with E-state index in [-0.39, 0.29) is 0 Å². The van der Waals surface area contributed by atoms with Crippen molar-refractivity contribution < 1.29 is 4.42 Å². The van der Waals surface area contributed by atoms with Gasteiger partial charge in [-0.25, -0.2) is 4.98 Å². The Morgan fingerprint density at radius 3 is 2.87 bits per heavy atom. The number of hydrogen-bond acceptors (Lipinski definition) is 2. The maximum Gasteiger partial charge on any atom is 0.154 e. The van der Waals surface area contributed by atoms with E-state index in [0.29, 0.717) is 5.15 Å². The molecule has 0 aliphatic heterocycles. The molecule has 0 saturated heterocycles. The van der Waals surface area contributed by atoms with Gasteiger partial charge in [-0.05, 0) is 30.7 Å². The predicted molar refractivity (Wildman–Crippen MR) is 61.3 cm³/mol. The van der Waals surface area contributed by atoms with Gasteiger partial charge in [0.05, 0.1) is 0 Å². The highest BCUT2D eigenvalue weighted by molar-refractivity contribution is 6.30. The summed E-state index contributed by atoms with van der Waals surface area (Å²) in [6.07, 6.45) is 0. The number of furan rings is 1. The SMILES string of the molecule is Cc1cccc2oc3ccc(Cl)nc3c12. The summed E-state index contributed by atoms with van der Waals surface area (Å²) in [7, 11) is 0. The van der Waals surface area contributed by atoms with Gasteiger partial charge in [0.15, 0.2) is 5.58 Å². The number of halogens is 1. The van der Waals surface area contributed by atoms with Gasteiger partial charge in [-0.1, -0.05) is 23.7 Å². The van der Waals surface area contributed by atoms with E-state index >= 15 is 0 Å². The topological polar surface area (TPSA) is 26.0 Å². The smallest absolute Gasteiger partial charge is 0.154 e. The van der Waals surface area contributed by atoms with Crippen LogP contribution in [0.1, 0.15) is 5.56 Å². The van der Waals surface area contributed by atoms with Crippen LogP contribution in [-0.4, -0.2) is 4.98 Å². The van der Waals surface area contributed by atoms with Gasteiger partial charge in [-0.2, -0.15) is 0 Å². The number of nitrogens with zero attached hydrogens (tertiary/aromatic N) is 1. The third kappa shape index (κ3) is 1.22. The second-order valence-electron chi connectivity index (χ2n) is 3.53. The normalized spacial score (nSPS) is 11.3. The molecule has 0 amide bonds. The van der Waals surface area contributed by atoms with Crippen molar-refractivity contribution in [1.29, 1.82) is 0 Å². The molecule has 2 aromatic heterocycles. The molecular formula is C12H8ClNO. The Hall–Kier alpha value is -1.54. The minimum Gasteiger partial charge on any atom is -0.454 e. The van der Waals surface area contributed by atoms with Crippen LogP contribution in [0.3, 0.4) is 0 Å². The first-order chi connectivity index (χ1) is 7.25. The van der Waals surface area contributed by atoms with E-state index in [4.69, 9.17) is 16.0 Å². The number of aromatic nitrogens is 1. The van der Waals surface area contributed by atoms with E-state index in [1.165, 1.54) is 0 Å². The van der Waals surface area contributed by atoms with E-state index < -0.39 is 0 Å². The number of pyridine rings is 1. The molecule has 0 saturated carbocycles. The first-order valence-electron chi connectivity index (χ1n) is 4.70. The van der Waals surface area contributed by atoms with Crippen molar-refractivity contribution in [3.63, 3.8) is 0 Å². The Kier molecular flexibility index (Phi) is 1.73. The summed E-state index contributed by atoms with van der Waals surface area (Å²) in [6, 6.07) is 9.55. The van der Waals surface area contributed by atoms with Crippen LogP contribution in [0.2, 0.25) is 5.15 Å². The van der Waals surface area contributed by atoms with Crippen LogP contribution in [0.25, 0.3) is 22.1 Å². The van der Waals surface area contributed by atoms with Crippen molar-refractivity contribution >= 4 is 33.7 Å². The average molecular weight is 218 g/mol. The fraction of sp³-hybridized carbons (Fsp3) is 0.0833. The maximum absolute atomic E-state index is 5.88. The molecule has 3 heteroatoms. The maximum atomic E-state index is 5.88. The minimum atomic E-state index is 0.494. The Bertz CT molecular complexity index is 657. The molecule has 0 N–H and O–H groups in total. The molecule has 2 nitrogen and oxygen atoms in total. The number of benzene rings is 1. The van der Waals surface area contributed by atoms with Crippen molar-refractivity contribution in [2.24, 2.45) is 0 Å². The van der Waals surface area contributed by atoms with Gasteiger partial charge < -0.3 is 4.42 Å². The van der Waals surface area contributed by atoms with Crippen LogP contribution >= 0.6 is 11.6 Å². The summed E-state index contributed by atoms with van der Waals surface area (Å²) >= 11 is 5.88. The number of rotatable bonds is 0. The molecule has 15 heavy (non-hydrogen) atoms. The molecule has 0 unspecified atom stereocenters. The average Bonchev–Trinajstić information content (AvgIpc) is 2.57. The summed E-state index contributed by atoms with van der Waals surface area (Å²) in [5.74, 6) is 0. The van der Waals surface area contributed by atoms with E-state index in [1.807, 2.05) is 31.2 Å². The largest absolute Gasteiger partial charge is 0.454 e. The van der Waals surface area contributed by atoms with Gasteiger partial charge >= 0.3 is 0 Å². The zero-order chi connectivity index (χ0) is 10.4. The lowest BCUT2D eigenvalue weighted by atomic mass is 10.1. The first-order valence-corrected chi connectivity index (χ1v) is 5.08. The van der Waals surface area contributed by atoms with Gasteiger partial charge in [-0.15, -0.1) is 0 Å². The molecule has 0 atom stereocenters. The second kappa shape index (κ2) is 2.97. The van der Waals surface area contributed by atoms with Crippen molar-refractivity contribution in [1.82, 2.24) is 4.98 Å². The van der Waals surface area contributed by atoms with Gasteiger partial charge in [-0.3, -0.25) is 0 Å². The summed E-state index contributed by atoms with van der Waals surface area (Å²) in [5, 5.41) is 1.54. The van der Waals surface area contributed by atoms with Crippen LogP contribution in [0.5, 0.6) is 0 Å². The molecule has 74 valence electrons. The molecule has 0 spiro atoms. The summed E-state index contributed by atoms with van der Waals surface area (Å²) in [4.78, 5) is 4.30. The van der Waals surface area contributed by atoms with Crippen molar-refractivity contribution in [3.8, 4) is 0 Å². The van der Waals surface area contributed by atoms with E-state index in [9.17, 15) is 0 Å². The van der Waals surface area contributed by atoms with Crippen LogP contribution in [0.15, 0.2) is 34.7 Å². The molecule has 0 aliphatic rings. The first kappa shape index (κ1) is 8.74. The molecule has 3 rings (SSSR count). The molecular weight excluding hydrogens is 210 g/mol. The Morgan fingerprint density at radius 1 is 1.13 bits per heavy atom. The molecule has 0 radical (unpaired) electrons. The predicted octanol–water partition coefficient (Wildman–Crippen LogP) is 3.94. The Balaban J connectivity index is 2.61. The van der Waals surface area contributed by atoms with Crippen molar-refractivity contribution in [3.05, 3.63) is 41.0 Å². The highest BCUT2D eigenvalue weighted by atomic mass is 35.5. The highest BCUT2D eigenvalue weighted by Crippen LogP contribution is 2.30. The number of fused-ring (bicyclic) bond motifs is 3. The standard InChI is InChI=1S/C12H8ClNO/c1-7-3-2-4-8-11(7)12-9(15-8)5-6-10(13)14-12/h2-6H,1H3. The lowest BCUT2D eigenvalue weighted by Gasteiger charge is -1.93. The zero-order valence-electron chi connectivity index (χ0n) is 8.12. The monoisotopic (exact) mass is 217 g/mol. The van der Waals surface area contributed by atoms with Crippen LogP contribution in [-0.2, 0) is 0 Å². The second-order valence-corrected chi connectivity index (χ2v) is 3.92. The lowest BCUT2D eigenvalue weighted by molar-refractivity contribution is 0.668. The zero-order valence-corrected chi connectivity index (χ0v) is 8.88. The lowest BCUT2D eigenvalue weighted by Crippen LogP contribution is -1.77.